The monoisotopic (exact) mass is 491 g/mol. The lowest BCUT2D eigenvalue weighted by molar-refractivity contribution is 0.730. The van der Waals surface area contributed by atoms with Crippen molar-refractivity contribution in [3.05, 3.63) is 65.0 Å². The molecule has 6 heteroatoms. The maximum Gasteiger partial charge on any atom is 0.191 e. The third-order valence-electron chi connectivity index (χ3n) is 4.97. The summed E-state index contributed by atoms with van der Waals surface area (Å²) in [6.07, 6.45) is 0.955. The van der Waals surface area contributed by atoms with Crippen LogP contribution in [0.5, 0.6) is 0 Å². The summed E-state index contributed by atoms with van der Waals surface area (Å²) in [6.45, 7) is 8.53. The van der Waals surface area contributed by atoms with E-state index in [2.05, 4.69) is 72.0 Å². The molecule has 28 heavy (non-hydrogen) atoms. The minimum atomic E-state index is 0. The summed E-state index contributed by atoms with van der Waals surface area (Å²) in [7, 11) is 1.98. The molecule has 3 rings (SSSR count). The first-order valence-corrected chi connectivity index (χ1v) is 9.58. The maximum absolute atomic E-state index is 4.75. The van der Waals surface area contributed by atoms with Crippen LogP contribution in [0.4, 0.5) is 0 Å². The Kier molecular flexibility index (Phi) is 8.29. The highest BCUT2D eigenvalue weighted by atomic mass is 127. The first-order valence-electron chi connectivity index (χ1n) is 9.58. The number of aryl methyl sites for hydroxylation is 2. The van der Waals surface area contributed by atoms with Crippen LogP contribution in [0.15, 0.2) is 47.5 Å². The quantitative estimate of drug-likeness (QED) is 0.310. The second-order valence-corrected chi connectivity index (χ2v) is 6.78. The molecule has 1 aromatic heterocycles. The van der Waals surface area contributed by atoms with Crippen LogP contribution < -0.4 is 10.6 Å². The Labute approximate surface area is 184 Å². The van der Waals surface area contributed by atoms with E-state index in [-0.39, 0.29) is 24.0 Å². The molecule has 0 spiro atoms. The Bertz CT molecular complexity index is 940. The van der Waals surface area contributed by atoms with E-state index in [0.29, 0.717) is 6.54 Å². The van der Waals surface area contributed by atoms with Crippen molar-refractivity contribution in [2.24, 2.45) is 12.0 Å². The van der Waals surface area contributed by atoms with Crippen molar-refractivity contribution in [1.29, 1.82) is 0 Å². The number of fused-ring (bicyclic) bond motifs is 1. The van der Waals surface area contributed by atoms with Crippen LogP contribution in [0.3, 0.4) is 0 Å². The molecule has 0 saturated heterocycles. The topological polar surface area (TPSA) is 54.2 Å². The van der Waals surface area contributed by atoms with Crippen LogP contribution in [0.2, 0.25) is 0 Å². The van der Waals surface area contributed by atoms with E-state index in [1.807, 2.05) is 18.7 Å². The molecule has 0 aliphatic heterocycles. The van der Waals surface area contributed by atoms with Crippen LogP contribution in [0, 0.1) is 13.8 Å². The first kappa shape index (κ1) is 22.2. The van der Waals surface area contributed by atoms with Gasteiger partial charge in [-0.25, -0.2) is 4.99 Å². The average Bonchev–Trinajstić information content (AvgIpc) is 2.91. The van der Waals surface area contributed by atoms with E-state index in [1.165, 1.54) is 27.6 Å². The van der Waals surface area contributed by atoms with E-state index in [0.717, 1.165) is 31.2 Å². The van der Waals surface area contributed by atoms with Crippen molar-refractivity contribution in [3.8, 4) is 0 Å². The number of nitrogens with zero attached hydrogens (tertiary/aromatic N) is 3. The van der Waals surface area contributed by atoms with E-state index >= 15 is 0 Å². The molecule has 5 nitrogen and oxygen atoms in total. The second kappa shape index (κ2) is 10.5. The zero-order chi connectivity index (χ0) is 19.2. The fraction of sp³-hybridized carbons (Fsp3) is 0.364. The van der Waals surface area contributed by atoms with Gasteiger partial charge in [0, 0.05) is 31.4 Å². The van der Waals surface area contributed by atoms with E-state index in [9.17, 15) is 0 Å². The van der Waals surface area contributed by atoms with Crippen molar-refractivity contribution in [2.45, 2.75) is 33.7 Å². The van der Waals surface area contributed by atoms with Crippen LogP contribution >= 0.6 is 24.0 Å². The Balaban J connectivity index is 0.00000280. The number of guanidine groups is 1. The summed E-state index contributed by atoms with van der Waals surface area (Å²) in [6, 6.07) is 15.0. The van der Waals surface area contributed by atoms with Crippen molar-refractivity contribution >= 4 is 40.7 Å². The number of nitrogens with one attached hydrogen (secondary N) is 2. The van der Waals surface area contributed by atoms with Gasteiger partial charge in [-0.2, -0.15) is 5.10 Å². The SMILES string of the molecule is CCNC(=NCc1c(C)nn(C)c1C)NCCc1cccc2ccccc12.I. The number of aliphatic imine (C=N–C) groups is 1. The molecule has 0 saturated carbocycles. The number of halogens is 1. The molecular formula is C22H30IN5. The van der Waals surface area contributed by atoms with E-state index in [1.54, 1.807) is 0 Å². The van der Waals surface area contributed by atoms with Crippen molar-refractivity contribution in [2.75, 3.05) is 13.1 Å². The molecule has 2 N–H and O–H groups in total. The van der Waals surface area contributed by atoms with Crippen molar-refractivity contribution < 1.29 is 0 Å². The summed E-state index contributed by atoms with van der Waals surface area (Å²) < 4.78 is 1.92. The van der Waals surface area contributed by atoms with Gasteiger partial charge >= 0.3 is 0 Å². The largest absolute Gasteiger partial charge is 0.357 e. The maximum atomic E-state index is 4.75. The summed E-state index contributed by atoms with van der Waals surface area (Å²) in [4.78, 5) is 4.75. The van der Waals surface area contributed by atoms with Crippen LogP contribution in [0.25, 0.3) is 10.8 Å². The molecular weight excluding hydrogens is 461 g/mol. The van der Waals surface area contributed by atoms with Crippen LogP contribution in [0.1, 0.15) is 29.4 Å². The predicted molar refractivity (Wildman–Crippen MR) is 129 cm³/mol. The molecule has 3 aromatic rings. The standard InChI is InChI=1S/C22H29N5.HI/c1-5-23-22(25-15-21-16(2)26-27(4)17(21)3)24-14-13-19-11-8-10-18-9-6-7-12-20(18)19;/h6-12H,5,13-15H2,1-4H3,(H2,23,24,25);1H. The molecule has 0 fully saturated rings. The van der Waals surface area contributed by atoms with Gasteiger partial charge in [-0.3, -0.25) is 4.68 Å². The molecule has 0 unspecified atom stereocenters. The number of hydrogen-bond donors (Lipinski definition) is 2. The highest BCUT2D eigenvalue weighted by Gasteiger charge is 2.09. The molecule has 0 radical (unpaired) electrons. The smallest absolute Gasteiger partial charge is 0.191 e. The van der Waals surface area contributed by atoms with Crippen LogP contribution in [-0.2, 0) is 20.0 Å². The van der Waals surface area contributed by atoms with Gasteiger partial charge in [0.25, 0.3) is 0 Å². The fourth-order valence-corrected chi connectivity index (χ4v) is 3.37. The minimum Gasteiger partial charge on any atom is -0.357 e. The highest BCUT2D eigenvalue weighted by Crippen LogP contribution is 2.18. The lowest BCUT2D eigenvalue weighted by Gasteiger charge is -2.12. The molecule has 0 atom stereocenters. The molecule has 0 aliphatic rings. The van der Waals surface area contributed by atoms with Crippen molar-refractivity contribution in [1.82, 2.24) is 20.4 Å². The third kappa shape index (κ3) is 5.25. The molecule has 2 aromatic carbocycles. The van der Waals surface area contributed by atoms with Gasteiger partial charge < -0.3 is 10.6 Å². The number of benzene rings is 2. The van der Waals surface area contributed by atoms with Gasteiger partial charge in [0.1, 0.15) is 0 Å². The summed E-state index contributed by atoms with van der Waals surface area (Å²) in [5, 5.41) is 13.9. The molecule has 150 valence electrons. The minimum absolute atomic E-state index is 0. The number of aromatic nitrogens is 2. The zero-order valence-corrected chi connectivity index (χ0v) is 19.5. The Morgan fingerprint density at radius 2 is 1.82 bits per heavy atom. The van der Waals surface area contributed by atoms with Crippen molar-refractivity contribution in [3.63, 3.8) is 0 Å². The van der Waals surface area contributed by atoms with E-state index in [4.69, 9.17) is 4.99 Å². The lowest BCUT2D eigenvalue weighted by Crippen LogP contribution is -2.38. The Hall–Kier alpha value is -2.09. The molecule has 0 aliphatic carbocycles. The second-order valence-electron chi connectivity index (χ2n) is 6.78. The van der Waals surface area contributed by atoms with Gasteiger partial charge in [0.15, 0.2) is 5.96 Å². The highest BCUT2D eigenvalue weighted by molar-refractivity contribution is 14.0. The fourth-order valence-electron chi connectivity index (χ4n) is 3.37. The van der Waals surface area contributed by atoms with E-state index < -0.39 is 0 Å². The summed E-state index contributed by atoms with van der Waals surface area (Å²) >= 11 is 0. The predicted octanol–water partition coefficient (Wildman–Crippen LogP) is 4.11. The molecule has 0 amide bonds. The van der Waals surface area contributed by atoms with Crippen LogP contribution in [-0.4, -0.2) is 28.8 Å². The molecule has 0 bridgehead atoms. The first-order chi connectivity index (χ1) is 13.1. The van der Waals surface area contributed by atoms with Gasteiger partial charge in [0.2, 0.25) is 0 Å². The average molecular weight is 491 g/mol. The Morgan fingerprint density at radius 1 is 1.07 bits per heavy atom. The summed E-state index contributed by atoms with van der Waals surface area (Å²) in [5.74, 6) is 0.848. The lowest BCUT2D eigenvalue weighted by atomic mass is 10.0. The van der Waals surface area contributed by atoms with Gasteiger partial charge in [-0.1, -0.05) is 42.5 Å². The normalized spacial score (nSPS) is 11.4. The number of hydrogen-bond acceptors (Lipinski definition) is 2. The third-order valence-corrected chi connectivity index (χ3v) is 4.97. The van der Waals surface area contributed by atoms with Gasteiger partial charge in [-0.05, 0) is 43.5 Å². The summed E-state index contributed by atoms with van der Waals surface area (Å²) in [5.41, 5.74) is 4.77. The van der Waals surface area contributed by atoms with Gasteiger partial charge in [-0.15, -0.1) is 24.0 Å². The molecule has 1 heterocycles. The number of rotatable bonds is 6. The van der Waals surface area contributed by atoms with Gasteiger partial charge in [0.05, 0.1) is 12.2 Å². The zero-order valence-electron chi connectivity index (χ0n) is 17.1. The Morgan fingerprint density at radius 3 is 2.54 bits per heavy atom.